The van der Waals surface area contributed by atoms with Crippen LogP contribution in [0.25, 0.3) is 38.9 Å². The summed E-state index contributed by atoms with van der Waals surface area (Å²) in [4.78, 5) is 20.9. The monoisotopic (exact) mass is 632 g/mol. The largest absolute Gasteiger partial charge is 0.508 e. The van der Waals surface area contributed by atoms with E-state index in [2.05, 4.69) is 42.0 Å². The third kappa shape index (κ3) is 3.96. The van der Waals surface area contributed by atoms with Gasteiger partial charge in [0, 0.05) is 54.0 Å². The molecule has 9 heteroatoms. The van der Waals surface area contributed by atoms with Crippen molar-refractivity contribution < 1.29 is 14.2 Å². The first-order valence-electron chi connectivity index (χ1n) is 17.6. The van der Waals surface area contributed by atoms with Crippen molar-refractivity contribution in [3.8, 4) is 22.9 Å². The van der Waals surface area contributed by atoms with Crippen molar-refractivity contribution in [3.05, 3.63) is 51.8 Å². The minimum Gasteiger partial charge on any atom is -0.508 e. The lowest BCUT2D eigenvalue weighted by atomic mass is 9.75. The number of halogens is 1. The van der Waals surface area contributed by atoms with Crippen molar-refractivity contribution in [2.75, 3.05) is 37.7 Å². The number of hydrogen-bond donors (Lipinski definition) is 2. The highest BCUT2D eigenvalue weighted by molar-refractivity contribution is 6.08. The van der Waals surface area contributed by atoms with Crippen LogP contribution < -0.4 is 25.5 Å². The summed E-state index contributed by atoms with van der Waals surface area (Å²) in [6.07, 6.45) is 8.16. The van der Waals surface area contributed by atoms with E-state index in [9.17, 15) is 5.11 Å². The number of aromatic hydroxyl groups is 1. The topological polar surface area (TPSA) is 86.1 Å². The molecule has 4 saturated heterocycles. The van der Waals surface area contributed by atoms with Crippen LogP contribution in [-0.4, -0.2) is 76.4 Å². The predicted octanol–water partition coefficient (Wildman–Crippen LogP) is 4.76. The molecule has 8 nitrogen and oxygen atoms in total. The maximum Gasteiger partial charge on any atom is 0.319 e. The van der Waals surface area contributed by atoms with Crippen LogP contribution in [0.1, 0.15) is 69.9 Å². The van der Waals surface area contributed by atoms with Gasteiger partial charge < -0.3 is 20.1 Å². The van der Waals surface area contributed by atoms with Gasteiger partial charge in [0.05, 0.1) is 27.8 Å². The third-order valence-corrected chi connectivity index (χ3v) is 12.5. The number of anilines is 1. The maximum atomic E-state index is 16.0. The molecule has 5 aliphatic heterocycles. The number of ether oxygens (including phenoxy) is 1. The SMILES string of the molecule is CC1c2c(c3c(c4c(N5CC6CCC(C5)N6)nc(OCC56CCCN5CC6)nc24)=CC(C)C(C)N=3)-c2cc(O)cc3ccc(F)c1c23. The zero-order valence-electron chi connectivity index (χ0n) is 27.3. The molecule has 0 saturated carbocycles. The molecule has 6 aliphatic rings. The standard InChI is InChI=1S/C38H41FN6O2/c1-19-13-27-33-35(30-20(2)29-28(39)8-5-22-14-25(46)15-26(31(22)29)32(30)34(27)40-21(19)3)42-37(47-18-38-9-4-11-45(38)12-10-38)43-36(33)44-16-23-6-7-24(17-44)41-23/h5,8,13-15,19-21,23-24,41,46H,4,6-7,9-12,16-18H2,1-3H3. The second-order valence-electron chi connectivity index (χ2n) is 15.2. The second-order valence-corrected chi connectivity index (χ2v) is 15.2. The molecule has 3 aromatic carbocycles. The number of fused-ring (bicyclic) bond motifs is 10. The first-order valence-corrected chi connectivity index (χ1v) is 17.6. The van der Waals surface area contributed by atoms with E-state index in [-0.39, 0.29) is 35.0 Å². The van der Waals surface area contributed by atoms with Crippen molar-refractivity contribution in [2.45, 2.75) is 82.5 Å². The van der Waals surface area contributed by atoms with Gasteiger partial charge in [0.15, 0.2) is 0 Å². The van der Waals surface area contributed by atoms with Crippen LogP contribution in [0.5, 0.6) is 11.8 Å². The molecular formula is C38H41FN6O2. The molecule has 10 rings (SSSR count). The van der Waals surface area contributed by atoms with Crippen molar-refractivity contribution in [1.29, 1.82) is 0 Å². The Labute approximate surface area is 273 Å². The molecule has 4 aromatic rings. The van der Waals surface area contributed by atoms with Crippen LogP contribution in [0.2, 0.25) is 0 Å². The molecule has 6 heterocycles. The lowest BCUT2D eigenvalue weighted by Gasteiger charge is -2.47. The first kappa shape index (κ1) is 28.2. The highest BCUT2D eigenvalue weighted by atomic mass is 19.1. The Balaban J connectivity index is 1.29. The fourth-order valence-corrected chi connectivity index (χ4v) is 9.82. The number of nitrogens with zero attached hydrogens (tertiary/aromatic N) is 5. The Morgan fingerprint density at radius 3 is 2.62 bits per heavy atom. The first-order chi connectivity index (χ1) is 22.8. The van der Waals surface area contributed by atoms with Gasteiger partial charge in [0.1, 0.15) is 24.0 Å². The van der Waals surface area contributed by atoms with E-state index in [1.54, 1.807) is 18.2 Å². The number of aromatic nitrogens is 2. The molecule has 242 valence electrons. The Morgan fingerprint density at radius 2 is 1.85 bits per heavy atom. The normalized spacial score (nSPS) is 30.4. The predicted molar refractivity (Wildman–Crippen MR) is 181 cm³/mol. The highest BCUT2D eigenvalue weighted by Crippen LogP contribution is 2.49. The van der Waals surface area contributed by atoms with Gasteiger partial charge in [0.2, 0.25) is 0 Å². The van der Waals surface area contributed by atoms with Gasteiger partial charge in [-0.15, -0.1) is 0 Å². The molecule has 1 aromatic heterocycles. The molecule has 47 heavy (non-hydrogen) atoms. The number of rotatable bonds is 4. The smallest absolute Gasteiger partial charge is 0.319 e. The molecule has 6 unspecified atom stereocenters. The number of hydrogen-bond acceptors (Lipinski definition) is 8. The lowest BCUT2D eigenvalue weighted by molar-refractivity contribution is -0.0132. The number of phenolic OH excluding ortho intramolecular Hbond substituents is 1. The van der Waals surface area contributed by atoms with E-state index in [0.29, 0.717) is 30.3 Å². The summed E-state index contributed by atoms with van der Waals surface area (Å²) in [6.45, 7) is 11.1. The van der Waals surface area contributed by atoms with Gasteiger partial charge in [-0.05, 0) is 91.6 Å². The van der Waals surface area contributed by atoms with Crippen molar-refractivity contribution in [2.24, 2.45) is 10.9 Å². The van der Waals surface area contributed by atoms with E-state index >= 15 is 4.39 Å². The zero-order valence-corrected chi connectivity index (χ0v) is 27.3. The van der Waals surface area contributed by atoms with Crippen LogP contribution in [0.3, 0.4) is 0 Å². The van der Waals surface area contributed by atoms with Gasteiger partial charge in [-0.1, -0.05) is 26.0 Å². The average molecular weight is 633 g/mol. The average Bonchev–Trinajstić information content (AvgIpc) is 3.54. The van der Waals surface area contributed by atoms with Crippen LogP contribution in [0, 0.1) is 11.7 Å². The van der Waals surface area contributed by atoms with Crippen molar-refractivity contribution in [1.82, 2.24) is 20.2 Å². The van der Waals surface area contributed by atoms with Crippen LogP contribution in [0.15, 0.2) is 29.3 Å². The van der Waals surface area contributed by atoms with E-state index in [1.165, 1.54) is 12.5 Å². The molecular weight excluding hydrogens is 591 g/mol. The summed E-state index contributed by atoms with van der Waals surface area (Å²) in [7, 11) is 0. The van der Waals surface area contributed by atoms with Gasteiger partial charge >= 0.3 is 6.01 Å². The van der Waals surface area contributed by atoms with E-state index in [0.717, 1.165) is 107 Å². The van der Waals surface area contributed by atoms with E-state index in [4.69, 9.17) is 19.7 Å². The summed E-state index contributed by atoms with van der Waals surface area (Å²) >= 11 is 0. The minimum absolute atomic E-state index is 0.0687. The van der Waals surface area contributed by atoms with Crippen LogP contribution in [0.4, 0.5) is 10.2 Å². The number of piperazine rings is 1. The Bertz CT molecular complexity index is 2140. The molecule has 1 aliphatic carbocycles. The van der Waals surface area contributed by atoms with E-state index in [1.807, 2.05) is 0 Å². The molecule has 4 fully saturated rings. The summed E-state index contributed by atoms with van der Waals surface area (Å²) in [5.41, 5.74) is 4.25. The molecule has 0 spiro atoms. The Hall–Kier alpha value is -3.82. The number of benzene rings is 3. The molecule has 2 bridgehead atoms. The van der Waals surface area contributed by atoms with Crippen molar-refractivity contribution in [3.63, 3.8) is 0 Å². The van der Waals surface area contributed by atoms with E-state index < -0.39 is 0 Å². The van der Waals surface area contributed by atoms with Crippen LogP contribution in [-0.2, 0) is 0 Å². The fraction of sp³-hybridized carbons (Fsp3) is 0.500. The highest BCUT2D eigenvalue weighted by Gasteiger charge is 2.48. The zero-order chi connectivity index (χ0) is 31.8. The van der Waals surface area contributed by atoms with Gasteiger partial charge in [0.25, 0.3) is 0 Å². The molecule has 0 amide bonds. The number of phenols is 1. The summed E-state index contributed by atoms with van der Waals surface area (Å²) < 4.78 is 22.6. The summed E-state index contributed by atoms with van der Waals surface area (Å²) in [6, 6.07) is 8.14. The van der Waals surface area contributed by atoms with Gasteiger partial charge in [-0.25, -0.2) is 4.39 Å². The molecule has 2 N–H and O–H groups in total. The second kappa shape index (κ2) is 9.86. The Kier molecular flexibility index (Phi) is 5.92. The minimum atomic E-state index is -0.297. The maximum absolute atomic E-state index is 16.0. The van der Waals surface area contributed by atoms with Gasteiger partial charge in [-0.2, -0.15) is 9.97 Å². The van der Waals surface area contributed by atoms with Crippen LogP contribution >= 0.6 is 0 Å². The molecule has 0 radical (unpaired) electrons. The summed E-state index contributed by atoms with van der Waals surface area (Å²) in [5.74, 6) is 0.734. The lowest BCUT2D eigenvalue weighted by Crippen LogP contribution is -2.59. The van der Waals surface area contributed by atoms with Gasteiger partial charge in [-0.3, -0.25) is 9.89 Å². The number of nitrogens with one attached hydrogen (secondary N) is 1. The molecule has 6 atom stereocenters. The third-order valence-electron chi connectivity index (χ3n) is 12.5. The quantitative estimate of drug-likeness (QED) is 0.336. The summed E-state index contributed by atoms with van der Waals surface area (Å²) in [5, 5.41) is 19.4. The Morgan fingerprint density at radius 1 is 1.02 bits per heavy atom. The van der Waals surface area contributed by atoms with Crippen molar-refractivity contribution >= 4 is 33.6 Å². The fourth-order valence-electron chi connectivity index (χ4n) is 9.82.